The van der Waals surface area contributed by atoms with Crippen molar-refractivity contribution in [2.75, 3.05) is 27.1 Å². The number of ether oxygens (including phenoxy) is 2. The molecule has 0 saturated heterocycles. The number of benzene rings is 2. The molecule has 1 aromatic heterocycles. The summed E-state index contributed by atoms with van der Waals surface area (Å²) >= 11 is 3.02. The SMILES string of the molecule is COCCn1c(=NC(=O)c2ccccc2SC)sc2cc(OC)ccc21. The van der Waals surface area contributed by atoms with Gasteiger partial charge in [-0.25, -0.2) is 0 Å². The minimum absolute atomic E-state index is 0.236. The van der Waals surface area contributed by atoms with E-state index in [1.165, 1.54) is 11.3 Å². The lowest BCUT2D eigenvalue weighted by molar-refractivity contribution is 0.0994. The largest absolute Gasteiger partial charge is 0.497 e. The summed E-state index contributed by atoms with van der Waals surface area (Å²) in [5.41, 5.74) is 1.63. The molecule has 0 unspecified atom stereocenters. The Balaban J connectivity index is 2.12. The molecule has 0 aliphatic heterocycles. The van der Waals surface area contributed by atoms with Crippen molar-refractivity contribution in [3.8, 4) is 5.75 Å². The number of nitrogens with zero attached hydrogens (tertiary/aromatic N) is 2. The van der Waals surface area contributed by atoms with Crippen molar-refractivity contribution in [3.05, 3.63) is 52.8 Å². The molecule has 136 valence electrons. The number of rotatable bonds is 6. The van der Waals surface area contributed by atoms with Crippen molar-refractivity contribution in [1.29, 1.82) is 0 Å². The summed E-state index contributed by atoms with van der Waals surface area (Å²) in [6.45, 7) is 1.17. The Morgan fingerprint density at radius 1 is 1.23 bits per heavy atom. The van der Waals surface area contributed by atoms with Crippen molar-refractivity contribution in [3.63, 3.8) is 0 Å². The zero-order valence-electron chi connectivity index (χ0n) is 14.9. The molecule has 0 fully saturated rings. The van der Waals surface area contributed by atoms with Gasteiger partial charge in [-0.15, -0.1) is 11.8 Å². The Labute approximate surface area is 160 Å². The van der Waals surface area contributed by atoms with E-state index in [0.717, 1.165) is 20.9 Å². The van der Waals surface area contributed by atoms with Gasteiger partial charge >= 0.3 is 0 Å². The number of fused-ring (bicyclic) bond motifs is 1. The van der Waals surface area contributed by atoms with Crippen LogP contribution in [0.25, 0.3) is 10.2 Å². The molecule has 7 heteroatoms. The molecule has 1 amide bonds. The van der Waals surface area contributed by atoms with Gasteiger partial charge in [-0.1, -0.05) is 23.5 Å². The molecule has 0 atom stereocenters. The number of thioether (sulfide) groups is 1. The molecule has 3 aromatic rings. The second-order valence-electron chi connectivity index (χ2n) is 5.48. The van der Waals surface area contributed by atoms with Crippen LogP contribution in [0.1, 0.15) is 10.4 Å². The van der Waals surface area contributed by atoms with Gasteiger partial charge in [0.2, 0.25) is 0 Å². The molecular weight excluding hydrogens is 368 g/mol. The normalized spacial score (nSPS) is 11.9. The topological polar surface area (TPSA) is 52.8 Å². The molecule has 26 heavy (non-hydrogen) atoms. The smallest absolute Gasteiger partial charge is 0.280 e. The molecule has 5 nitrogen and oxygen atoms in total. The lowest BCUT2D eigenvalue weighted by Gasteiger charge is -2.05. The van der Waals surface area contributed by atoms with E-state index in [1.54, 1.807) is 26.0 Å². The van der Waals surface area contributed by atoms with Gasteiger partial charge in [-0.3, -0.25) is 4.79 Å². The van der Waals surface area contributed by atoms with E-state index >= 15 is 0 Å². The monoisotopic (exact) mass is 388 g/mol. The highest BCUT2D eigenvalue weighted by molar-refractivity contribution is 7.98. The molecule has 1 heterocycles. The lowest BCUT2D eigenvalue weighted by atomic mass is 10.2. The number of aromatic nitrogens is 1. The quantitative estimate of drug-likeness (QED) is 0.603. The molecule has 0 N–H and O–H groups in total. The minimum Gasteiger partial charge on any atom is -0.497 e. The summed E-state index contributed by atoms with van der Waals surface area (Å²) in [4.78, 5) is 18.8. The van der Waals surface area contributed by atoms with Crippen molar-refractivity contribution in [1.82, 2.24) is 4.57 Å². The highest BCUT2D eigenvalue weighted by Crippen LogP contribution is 2.24. The number of thiazole rings is 1. The summed E-state index contributed by atoms with van der Waals surface area (Å²) in [6.07, 6.45) is 1.95. The van der Waals surface area contributed by atoms with E-state index in [-0.39, 0.29) is 5.91 Å². The number of methoxy groups -OCH3 is 2. The Kier molecular flexibility index (Phi) is 6.13. The first-order chi connectivity index (χ1) is 12.7. The summed E-state index contributed by atoms with van der Waals surface area (Å²) in [5, 5.41) is 0. The summed E-state index contributed by atoms with van der Waals surface area (Å²) in [6, 6.07) is 13.4. The van der Waals surface area contributed by atoms with E-state index < -0.39 is 0 Å². The standard InChI is InChI=1S/C19H20N2O3S2/c1-23-11-10-21-15-9-8-13(24-2)12-17(15)26-19(21)20-18(22)14-6-4-5-7-16(14)25-3/h4-9,12H,10-11H2,1-3H3. The first kappa shape index (κ1) is 18.7. The summed E-state index contributed by atoms with van der Waals surface area (Å²) in [7, 11) is 3.30. The number of hydrogen-bond donors (Lipinski definition) is 0. The average molecular weight is 389 g/mol. The van der Waals surface area contributed by atoms with Crippen LogP contribution in [0.3, 0.4) is 0 Å². The predicted octanol–water partition coefficient (Wildman–Crippen LogP) is 3.82. The summed E-state index contributed by atoms with van der Waals surface area (Å²) < 4.78 is 13.6. The van der Waals surface area contributed by atoms with Gasteiger partial charge in [0.1, 0.15) is 5.75 Å². The average Bonchev–Trinajstić information content (AvgIpc) is 3.02. The second-order valence-corrected chi connectivity index (χ2v) is 7.34. The van der Waals surface area contributed by atoms with Crippen LogP contribution in [-0.2, 0) is 11.3 Å². The van der Waals surface area contributed by atoms with E-state index in [9.17, 15) is 4.79 Å². The number of hydrogen-bond acceptors (Lipinski definition) is 5. The molecule has 0 spiro atoms. The number of amides is 1. The zero-order valence-corrected chi connectivity index (χ0v) is 16.5. The predicted molar refractivity (Wildman–Crippen MR) is 106 cm³/mol. The van der Waals surface area contributed by atoms with Gasteiger partial charge in [-0.2, -0.15) is 4.99 Å². The Bertz CT molecular complexity index is 992. The van der Waals surface area contributed by atoms with E-state index in [2.05, 4.69) is 4.99 Å². The zero-order chi connectivity index (χ0) is 18.5. The maximum Gasteiger partial charge on any atom is 0.280 e. The Hall–Kier alpha value is -2.09. The van der Waals surface area contributed by atoms with Gasteiger partial charge in [0.05, 0.1) is 29.5 Å². The second kappa shape index (κ2) is 8.53. The van der Waals surface area contributed by atoms with E-state index in [0.29, 0.717) is 23.5 Å². The molecule has 0 saturated carbocycles. The van der Waals surface area contributed by atoms with Crippen LogP contribution in [0.2, 0.25) is 0 Å². The number of carbonyl (C=O) groups is 1. The first-order valence-corrected chi connectivity index (χ1v) is 10.1. The first-order valence-electron chi connectivity index (χ1n) is 8.06. The van der Waals surface area contributed by atoms with Crippen LogP contribution >= 0.6 is 23.1 Å². The fourth-order valence-electron chi connectivity index (χ4n) is 2.63. The summed E-state index contributed by atoms with van der Waals surface area (Å²) in [5.74, 6) is 0.544. The van der Waals surface area contributed by atoms with Gasteiger partial charge in [0, 0.05) is 18.6 Å². The van der Waals surface area contributed by atoms with Crippen molar-refractivity contribution < 1.29 is 14.3 Å². The minimum atomic E-state index is -0.236. The Morgan fingerprint density at radius 2 is 2.04 bits per heavy atom. The van der Waals surface area contributed by atoms with E-state index in [4.69, 9.17) is 9.47 Å². The van der Waals surface area contributed by atoms with Crippen LogP contribution in [0.15, 0.2) is 52.4 Å². The lowest BCUT2D eigenvalue weighted by Crippen LogP contribution is -2.19. The third-order valence-corrected chi connectivity index (χ3v) is 5.78. The van der Waals surface area contributed by atoms with Crippen LogP contribution in [0, 0.1) is 0 Å². The molecule has 3 rings (SSSR count). The van der Waals surface area contributed by atoms with Crippen LogP contribution in [-0.4, -0.2) is 37.6 Å². The van der Waals surface area contributed by atoms with Crippen molar-refractivity contribution >= 4 is 39.2 Å². The van der Waals surface area contributed by atoms with Gasteiger partial charge in [-0.05, 0) is 36.6 Å². The van der Waals surface area contributed by atoms with Gasteiger partial charge < -0.3 is 14.0 Å². The Morgan fingerprint density at radius 3 is 2.77 bits per heavy atom. The van der Waals surface area contributed by atoms with Crippen LogP contribution in [0.5, 0.6) is 5.75 Å². The molecular formula is C19H20N2O3S2. The fourth-order valence-corrected chi connectivity index (χ4v) is 4.31. The van der Waals surface area contributed by atoms with Gasteiger partial charge in [0.15, 0.2) is 4.80 Å². The third-order valence-electron chi connectivity index (χ3n) is 3.94. The maximum absolute atomic E-state index is 12.8. The molecule has 0 aliphatic rings. The highest BCUT2D eigenvalue weighted by atomic mass is 32.2. The number of carbonyl (C=O) groups excluding carboxylic acids is 1. The molecule has 0 radical (unpaired) electrons. The third kappa shape index (κ3) is 3.85. The maximum atomic E-state index is 12.8. The highest BCUT2D eigenvalue weighted by Gasteiger charge is 2.12. The van der Waals surface area contributed by atoms with Crippen LogP contribution < -0.4 is 9.54 Å². The molecule has 2 aromatic carbocycles. The van der Waals surface area contributed by atoms with Crippen molar-refractivity contribution in [2.24, 2.45) is 4.99 Å². The van der Waals surface area contributed by atoms with Gasteiger partial charge in [0.25, 0.3) is 5.91 Å². The molecule has 0 bridgehead atoms. The molecule has 0 aliphatic carbocycles. The van der Waals surface area contributed by atoms with E-state index in [1.807, 2.05) is 53.3 Å². The van der Waals surface area contributed by atoms with Crippen molar-refractivity contribution in [2.45, 2.75) is 11.4 Å². The fraction of sp³-hybridized carbons (Fsp3) is 0.263. The van der Waals surface area contributed by atoms with Crippen LogP contribution in [0.4, 0.5) is 0 Å².